The van der Waals surface area contributed by atoms with Crippen molar-refractivity contribution in [3.05, 3.63) is 93.4 Å². The van der Waals surface area contributed by atoms with Crippen LogP contribution in [0.2, 0.25) is 0 Å². The highest BCUT2D eigenvalue weighted by Crippen LogP contribution is 2.28. The fraction of sp³-hybridized carbons (Fsp3) is 0.0870. The maximum Gasteiger partial charge on any atom is 0.275 e. The third-order valence-corrected chi connectivity index (χ3v) is 5.84. The first-order chi connectivity index (χ1) is 15.0. The number of benzene rings is 2. The standard InChI is InChI=1S/C23H15F2N3O2S/c1-13-19(26-22(30-13)20-7-4-10-31-20)12-28-23(29)16-6-3-2-5-15(16)21(27-28)14-8-9-17(24)18(25)11-14/h2-11H,12H2,1H3. The summed E-state index contributed by atoms with van der Waals surface area (Å²) >= 11 is 1.51. The van der Waals surface area contributed by atoms with Crippen LogP contribution in [0.1, 0.15) is 11.5 Å². The summed E-state index contributed by atoms with van der Waals surface area (Å²) in [6.07, 6.45) is 0. The van der Waals surface area contributed by atoms with Gasteiger partial charge in [-0.3, -0.25) is 4.79 Å². The van der Waals surface area contributed by atoms with E-state index >= 15 is 0 Å². The van der Waals surface area contributed by atoms with Gasteiger partial charge in [-0.1, -0.05) is 24.3 Å². The van der Waals surface area contributed by atoms with Crippen molar-refractivity contribution in [1.82, 2.24) is 14.8 Å². The topological polar surface area (TPSA) is 60.9 Å². The van der Waals surface area contributed by atoms with Gasteiger partial charge in [0.25, 0.3) is 5.56 Å². The zero-order valence-corrected chi connectivity index (χ0v) is 17.1. The van der Waals surface area contributed by atoms with Crippen molar-refractivity contribution in [1.29, 1.82) is 0 Å². The van der Waals surface area contributed by atoms with E-state index in [4.69, 9.17) is 4.42 Å². The van der Waals surface area contributed by atoms with Crippen LogP contribution >= 0.6 is 11.3 Å². The Hall–Kier alpha value is -3.65. The predicted octanol–water partition coefficient (Wildman–Crippen LogP) is 5.41. The van der Waals surface area contributed by atoms with Crippen LogP contribution in [0.4, 0.5) is 8.78 Å². The van der Waals surface area contributed by atoms with Crippen LogP contribution in [0.5, 0.6) is 0 Å². The van der Waals surface area contributed by atoms with Crippen molar-refractivity contribution in [3.8, 4) is 22.0 Å². The van der Waals surface area contributed by atoms with Crippen molar-refractivity contribution in [2.24, 2.45) is 0 Å². The number of aryl methyl sites for hydroxylation is 1. The molecule has 8 heteroatoms. The molecule has 0 fully saturated rings. The minimum atomic E-state index is -0.978. The first-order valence-corrected chi connectivity index (χ1v) is 10.3. The molecule has 5 rings (SSSR count). The van der Waals surface area contributed by atoms with Gasteiger partial charge < -0.3 is 4.42 Å². The average Bonchev–Trinajstić information content (AvgIpc) is 3.42. The molecule has 0 saturated carbocycles. The number of nitrogens with zero attached hydrogens (tertiary/aromatic N) is 3. The second-order valence-electron chi connectivity index (χ2n) is 6.99. The molecule has 154 valence electrons. The van der Waals surface area contributed by atoms with E-state index in [9.17, 15) is 13.6 Å². The molecule has 2 aromatic carbocycles. The quantitative estimate of drug-likeness (QED) is 0.378. The Bertz CT molecular complexity index is 1470. The molecule has 0 aliphatic heterocycles. The molecule has 0 saturated heterocycles. The molecule has 0 radical (unpaired) electrons. The Labute approximate surface area is 179 Å². The first-order valence-electron chi connectivity index (χ1n) is 9.47. The number of thiophene rings is 1. The molecule has 0 amide bonds. The molecule has 0 atom stereocenters. The van der Waals surface area contributed by atoms with Crippen LogP contribution in [-0.4, -0.2) is 14.8 Å². The van der Waals surface area contributed by atoms with Gasteiger partial charge in [0.15, 0.2) is 11.6 Å². The van der Waals surface area contributed by atoms with Crippen LogP contribution in [0.25, 0.3) is 32.8 Å². The molecular weight excluding hydrogens is 420 g/mol. The lowest BCUT2D eigenvalue weighted by atomic mass is 10.0. The Balaban J connectivity index is 1.65. The molecule has 0 N–H and O–H groups in total. The summed E-state index contributed by atoms with van der Waals surface area (Å²) < 4.78 is 34.4. The Morgan fingerprint density at radius 3 is 2.58 bits per heavy atom. The van der Waals surface area contributed by atoms with Crippen molar-refractivity contribution in [3.63, 3.8) is 0 Å². The van der Waals surface area contributed by atoms with Crippen LogP contribution in [-0.2, 0) is 6.54 Å². The van der Waals surface area contributed by atoms with Crippen LogP contribution in [0, 0.1) is 18.6 Å². The predicted molar refractivity (Wildman–Crippen MR) is 115 cm³/mol. The molecule has 31 heavy (non-hydrogen) atoms. The summed E-state index contributed by atoms with van der Waals surface area (Å²) in [5.74, 6) is -0.855. The molecule has 0 bridgehead atoms. The number of aromatic nitrogens is 3. The largest absolute Gasteiger partial charge is 0.440 e. The minimum Gasteiger partial charge on any atom is -0.440 e. The highest BCUT2D eigenvalue weighted by molar-refractivity contribution is 7.13. The van der Waals surface area contributed by atoms with Gasteiger partial charge in [-0.15, -0.1) is 11.3 Å². The zero-order valence-electron chi connectivity index (χ0n) is 16.3. The van der Waals surface area contributed by atoms with E-state index in [0.717, 1.165) is 17.0 Å². The maximum absolute atomic E-state index is 13.9. The highest BCUT2D eigenvalue weighted by Gasteiger charge is 2.17. The van der Waals surface area contributed by atoms with E-state index in [-0.39, 0.29) is 12.1 Å². The van der Waals surface area contributed by atoms with E-state index in [2.05, 4.69) is 10.1 Å². The lowest BCUT2D eigenvalue weighted by Gasteiger charge is -2.11. The lowest BCUT2D eigenvalue weighted by molar-refractivity contribution is 0.509. The zero-order chi connectivity index (χ0) is 21.5. The summed E-state index contributed by atoms with van der Waals surface area (Å²) in [6.45, 7) is 1.86. The van der Waals surface area contributed by atoms with Gasteiger partial charge in [0.1, 0.15) is 11.5 Å². The van der Waals surface area contributed by atoms with Crippen molar-refractivity contribution in [2.75, 3.05) is 0 Å². The van der Waals surface area contributed by atoms with Crippen molar-refractivity contribution >= 4 is 22.1 Å². The number of halogens is 2. The molecule has 5 aromatic rings. The van der Waals surface area contributed by atoms with E-state index < -0.39 is 11.6 Å². The monoisotopic (exact) mass is 435 g/mol. The van der Waals surface area contributed by atoms with Crippen LogP contribution in [0.3, 0.4) is 0 Å². The lowest BCUT2D eigenvalue weighted by Crippen LogP contribution is -2.25. The maximum atomic E-state index is 13.9. The van der Waals surface area contributed by atoms with E-state index in [1.54, 1.807) is 31.2 Å². The second kappa shape index (κ2) is 7.55. The molecule has 0 aliphatic rings. The third-order valence-electron chi connectivity index (χ3n) is 4.98. The third kappa shape index (κ3) is 3.44. The number of hydrogen-bond donors (Lipinski definition) is 0. The summed E-state index contributed by atoms with van der Waals surface area (Å²) in [5, 5.41) is 7.40. The van der Waals surface area contributed by atoms with E-state index in [1.807, 2.05) is 17.5 Å². The van der Waals surface area contributed by atoms with Gasteiger partial charge in [-0.05, 0) is 42.6 Å². The Morgan fingerprint density at radius 2 is 1.84 bits per heavy atom. The number of oxazole rings is 1. The molecule has 5 nitrogen and oxygen atoms in total. The van der Waals surface area contributed by atoms with Crippen molar-refractivity contribution in [2.45, 2.75) is 13.5 Å². The average molecular weight is 435 g/mol. The summed E-state index contributed by atoms with van der Waals surface area (Å²) in [6, 6.07) is 14.3. The van der Waals surface area contributed by atoms with Crippen LogP contribution < -0.4 is 5.56 Å². The highest BCUT2D eigenvalue weighted by atomic mass is 32.1. The van der Waals surface area contributed by atoms with Gasteiger partial charge in [-0.2, -0.15) is 5.10 Å². The van der Waals surface area contributed by atoms with E-state index in [1.165, 1.54) is 22.1 Å². The smallest absolute Gasteiger partial charge is 0.275 e. The second-order valence-corrected chi connectivity index (χ2v) is 7.93. The van der Waals surface area contributed by atoms with Gasteiger partial charge in [0, 0.05) is 10.9 Å². The van der Waals surface area contributed by atoms with Gasteiger partial charge >= 0.3 is 0 Å². The van der Waals surface area contributed by atoms with Gasteiger partial charge in [-0.25, -0.2) is 18.4 Å². The SMILES string of the molecule is Cc1oc(-c2cccs2)nc1Cn1nc(-c2ccc(F)c(F)c2)c2ccccc2c1=O. The van der Waals surface area contributed by atoms with Crippen molar-refractivity contribution < 1.29 is 13.2 Å². The molecular formula is C23H15F2N3O2S. The minimum absolute atomic E-state index is 0.0844. The number of fused-ring (bicyclic) bond motifs is 1. The van der Waals surface area contributed by atoms with Gasteiger partial charge in [0.05, 0.1) is 22.5 Å². The number of rotatable bonds is 4. The Kier molecular flexibility index (Phi) is 4.71. The summed E-state index contributed by atoms with van der Waals surface area (Å²) in [7, 11) is 0. The molecule has 0 unspecified atom stereocenters. The fourth-order valence-electron chi connectivity index (χ4n) is 3.42. The number of hydrogen-bond acceptors (Lipinski definition) is 5. The summed E-state index contributed by atoms with van der Waals surface area (Å²) in [5.41, 5.74) is 1.03. The summed E-state index contributed by atoms with van der Waals surface area (Å²) in [4.78, 5) is 18.5. The fourth-order valence-corrected chi connectivity index (χ4v) is 4.07. The molecule has 3 heterocycles. The van der Waals surface area contributed by atoms with E-state index in [0.29, 0.717) is 39.4 Å². The van der Waals surface area contributed by atoms with Crippen LogP contribution in [0.15, 0.2) is 69.2 Å². The normalized spacial score (nSPS) is 11.3. The molecule has 0 spiro atoms. The Morgan fingerprint density at radius 1 is 1.03 bits per heavy atom. The molecule has 0 aliphatic carbocycles. The first kappa shape index (κ1) is 19.3. The van der Waals surface area contributed by atoms with Gasteiger partial charge in [0.2, 0.25) is 5.89 Å². The molecule has 3 aromatic heterocycles.